The second-order valence-electron chi connectivity index (χ2n) is 18.8. The molecule has 0 spiro atoms. The maximum Gasteiger partial charge on any atom is 0.306 e. The molecule has 1 unspecified atom stereocenters. The summed E-state index contributed by atoms with van der Waals surface area (Å²) in [4.78, 5) is 38.1. The molecule has 0 amide bonds. The van der Waals surface area contributed by atoms with Gasteiger partial charge in [0.1, 0.15) is 13.2 Å². The van der Waals surface area contributed by atoms with Gasteiger partial charge in [-0.2, -0.15) is 0 Å². The standard InChI is InChI=1S/C69H106O6/c1-4-7-10-13-16-19-22-25-26-27-28-29-30-31-32-33-34-35-36-37-38-39-40-41-42-45-47-50-53-56-59-62-68(71)74-65-66(75-69(72)63-60-57-54-51-48-44-24-21-18-15-12-9-6-3)64-73-67(70)61-58-55-52-49-46-43-23-20-17-14-11-8-5-2/h7-12,16-21,25-26,28-29,31-32,34-35,37-38,43-44,46,48,54,57,66H,4-6,13-15,22-24,27,30,33,36,39-42,45,47,49-53,55-56,58-65H2,1-3H3/b10-7-,11-8-,12-9-,19-16-,20-17-,21-18-,26-25-,29-28-,32-31-,35-34-,38-37-,46-43-,48-44-,57-54-. The molecule has 1 atom stereocenters. The highest BCUT2D eigenvalue weighted by molar-refractivity contribution is 5.71. The van der Waals surface area contributed by atoms with E-state index in [1.54, 1.807) is 0 Å². The van der Waals surface area contributed by atoms with Crippen molar-refractivity contribution in [3.8, 4) is 0 Å². The summed E-state index contributed by atoms with van der Waals surface area (Å²) in [6.45, 7) is 6.18. The second kappa shape index (κ2) is 61.3. The summed E-state index contributed by atoms with van der Waals surface area (Å²) in [7, 11) is 0. The molecular weight excluding hydrogens is 925 g/mol. The van der Waals surface area contributed by atoms with Crippen molar-refractivity contribution in [1.82, 2.24) is 0 Å². The van der Waals surface area contributed by atoms with Gasteiger partial charge in [0, 0.05) is 19.3 Å². The van der Waals surface area contributed by atoms with Crippen LogP contribution in [0.25, 0.3) is 0 Å². The molecule has 6 heteroatoms. The highest BCUT2D eigenvalue weighted by Crippen LogP contribution is 2.13. The normalized spacial score (nSPS) is 13.4. The van der Waals surface area contributed by atoms with Crippen LogP contribution < -0.4 is 0 Å². The Bertz CT molecular complexity index is 1750. The summed E-state index contributed by atoms with van der Waals surface area (Å²) in [5.41, 5.74) is 0. The van der Waals surface area contributed by atoms with Gasteiger partial charge >= 0.3 is 17.9 Å². The van der Waals surface area contributed by atoms with E-state index in [2.05, 4.69) is 179 Å². The average Bonchev–Trinajstić information content (AvgIpc) is 3.41. The Kier molecular flexibility index (Phi) is 57.0. The van der Waals surface area contributed by atoms with E-state index in [0.717, 1.165) is 141 Å². The molecule has 0 aromatic rings. The number of rotatable bonds is 51. The lowest BCUT2D eigenvalue weighted by atomic mass is 10.1. The topological polar surface area (TPSA) is 78.9 Å². The molecule has 0 heterocycles. The molecule has 0 saturated heterocycles. The van der Waals surface area contributed by atoms with Crippen molar-refractivity contribution in [2.24, 2.45) is 0 Å². The molecule has 6 nitrogen and oxygen atoms in total. The Balaban J connectivity index is 4.34. The van der Waals surface area contributed by atoms with Crippen molar-refractivity contribution in [1.29, 1.82) is 0 Å². The van der Waals surface area contributed by atoms with Gasteiger partial charge in [-0.05, 0) is 135 Å². The van der Waals surface area contributed by atoms with Gasteiger partial charge in [0.25, 0.3) is 0 Å². The van der Waals surface area contributed by atoms with Crippen molar-refractivity contribution in [3.63, 3.8) is 0 Å². The van der Waals surface area contributed by atoms with E-state index in [9.17, 15) is 14.4 Å². The van der Waals surface area contributed by atoms with Gasteiger partial charge in [0.05, 0.1) is 0 Å². The molecule has 0 aliphatic rings. The highest BCUT2D eigenvalue weighted by atomic mass is 16.6. The van der Waals surface area contributed by atoms with Crippen LogP contribution in [-0.4, -0.2) is 37.2 Å². The van der Waals surface area contributed by atoms with Gasteiger partial charge in [-0.1, -0.05) is 242 Å². The predicted octanol–water partition coefficient (Wildman–Crippen LogP) is 20.3. The van der Waals surface area contributed by atoms with E-state index in [-0.39, 0.29) is 31.6 Å². The Morgan fingerprint density at radius 3 is 0.813 bits per heavy atom. The number of carbonyl (C=O) groups excluding carboxylic acids is 3. The zero-order valence-corrected chi connectivity index (χ0v) is 47.7. The lowest BCUT2D eigenvalue weighted by Crippen LogP contribution is -2.30. The first-order valence-corrected chi connectivity index (χ1v) is 29.6. The minimum atomic E-state index is -0.839. The lowest BCUT2D eigenvalue weighted by molar-refractivity contribution is -0.166. The SMILES string of the molecule is CC/C=C\C/C=C\C/C=C\C/C=C\C/C=C\C/C=C\C/C=C\CCCCCCCCCCCC(=O)OCC(COC(=O)CCCCC/C=C\C/C=C\C/C=C\CC)OC(=O)CC/C=C\C/C=C\C/C=C\C/C=C\CC. The molecule has 0 aromatic carbocycles. The van der Waals surface area contributed by atoms with E-state index in [4.69, 9.17) is 14.2 Å². The summed E-state index contributed by atoms with van der Waals surface area (Å²) >= 11 is 0. The first-order valence-electron chi connectivity index (χ1n) is 29.6. The number of carbonyl (C=O) groups is 3. The average molecular weight is 1030 g/mol. The Morgan fingerprint density at radius 1 is 0.267 bits per heavy atom. The number of allylic oxidation sites excluding steroid dienone is 28. The first-order chi connectivity index (χ1) is 37.0. The fourth-order valence-corrected chi connectivity index (χ4v) is 7.39. The third-order valence-electron chi connectivity index (χ3n) is 11.7. The number of esters is 3. The summed E-state index contributed by atoms with van der Waals surface area (Å²) in [5, 5.41) is 0. The first kappa shape index (κ1) is 69.8. The van der Waals surface area contributed by atoms with Crippen molar-refractivity contribution >= 4 is 17.9 Å². The zero-order chi connectivity index (χ0) is 54.3. The summed E-state index contributed by atoms with van der Waals surface area (Å²) in [5.74, 6) is -1.06. The van der Waals surface area contributed by atoms with Gasteiger partial charge in [0.15, 0.2) is 6.10 Å². The van der Waals surface area contributed by atoms with Crippen molar-refractivity contribution in [2.75, 3.05) is 13.2 Å². The zero-order valence-electron chi connectivity index (χ0n) is 47.7. The third-order valence-corrected chi connectivity index (χ3v) is 11.7. The van der Waals surface area contributed by atoms with Crippen LogP contribution in [0.4, 0.5) is 0 Å². The molecule has 0 aromatic heterocycles. The molecule has 418 valence electrons. The molecule has 0 rings (SSSR count). The molecule has 0 aliphatic heterocycles. The maximum absolute atomic E-state index is 12.8. The van der Waals surface area contributed by atoms with Crippen LogP contribution in [0.2, 0.25) is 0 Å². The van der Waals surface area contributed by atoms with Crippen LogP contribution in [0.1, 0.15) is 226 Å². The van der Waals surface area contributed by atoms with E-state index in [0.29, 0.717) is 19.3 Å². The molecule has 75 heavy (non-hydrogen) atoms. The van der Waals surface area contributed by atoms with Crippen molar-refractivity contribution in [2.45, 2.75) is 232 Å². The predicted molar refractivity (Wildman–Crippen MR) is 325 cm³/mol. The van der Waals surface area contributed by atoms with Crippen molar-refractivity contribution in [3.05, 3.63) is 170 Å². The molecule has 0 radical (unpaired) electrons. The molecule has 0 N–H and O–H groups in total. The molecule has 0 bridgehead atoms. The lowest BCUT2D eigenvalue weighted by Gasteiger charge is -2.18. The number of hydrogen-bond acceptors (Lipinski definition) is 6. The summed E-state index contributed by atoms with van der Waals surface area (Å²) in [6, 6.07) is 0. The van der Waals surface area contributed by atoms with E-state index in [1.807, 2.05) is 12.2 Å². The van der Waals surface area contributed by atoms with Crippen LogP contribution in [0.15, 0.2) is 170 Å². The maximum atomic E-state index is 12.8. The second-order valence-corrected chi connectivity index (χ2v) is 18.8. The Labute approximate surface area is 460 Å². The van der Waals surface area contributed by atoms with Crippen LogP contribution in [0, 0.1) is 0 Å². The van der Waals surface area contributed by atoms with E-state index < -0.39 is 12.1 Å². The summed E-state index contributed by atoms with van der Waals surface area (Å²) < 4.78 is 16.7. The molecular formula is C69H106O6. The highest BCUT2D eigenvalue weighted by Gasteiger charge is 2.19. The van der Waals surface area contributed by atoms with E-state index in [1.165, 1.54) is 38.5 Å². The van der Waals surface area contributed by atoms with Gasteiger partial charge in [-0.3, -0.25) is 14.4 Å². The van der Waals surface area contributed by atoms with Crippen LogP contribution >= 0.6 is 0 Å². The largest absolute Gasteiger partial charge is 0.462 e. The van der Waals surface area contributed by atoms with Gasteiger partial charge in [0.2, 0.25) is 0 Å². The van der Waals surface area contributed by atoms with Crippen LogP contribution in [-0.2, 0) is 28.6 Å². The van der Waals surface area contributed by atoms with Crippen molar-refractivity contribution < 1.29 is 28.6 Å². The fourth-order valence-electron chi connectivity index (χ4n) is 7.39. The van der Waals surface area contributed by atoms with Crippen LogP contribution in [0.5, 0.6) is 0 Å². The summed E-state index contributed by atoms with van der Waals surface area (Å²) in [6.07, 6.45) is 90.9. The van der Waals surface area contributed by atoms with Gasteiger partial charge in [-0.25, -0.2) is 0 Å². The minimum absolute atomic E-state index is 0.127. The monoisotopic (exact) mass is 1030 g/mol. The van der Waals surface area contributed by atoms with Crippen LogP contribution in [0.3, 0.4) is 0 Å². The molecule has 0 fully saturated rings. The smallest absolute Gasteiger partial charge is 0.306 e. The Hall–Kier alpha value is -5.23. The Morgan fingerprint density at radius 2 is 0.507 bits per heavy atom. The fraction of sp³-hybridized carbons (Fsp3) is 0.551. The molecule has 0 aliphatic carbocycles. The van der Waals surface area contributed by atoms with E-state index >= 15 is 0 Å². The quantitative estimate of drug-likeness (QED) is 0.0261. The minimum Gasteiger partial charge on any atom is -0.462 e. The number of unbranched alkanes of at least 4 members (excludes halogenated alkanes) is 12. The number of ether oxygens (including phenoxy) is 3. The van der Waals surface area contributed by atoms with Gasteiger partial charge in [-0.15, -0.1) is 0 Å². The molecule has 0 saturated carbocycles. The third kappa shape index (κ3) is 59.5. The van der Waals surface area contributed by atoms with Gasteiger partial charge < -0.3 is 14.2 Å². The number of hydrogen-bond donors (Lipinski definition) is 0.